The summed E-state index contributed by atoms with van der Waals surface area (Å²) < 4.78 is 2.14. The zero-order valence-electron chi connectivity index (χ0n) is 13.4. The molecule has 0 saturated carbocycles. The first-order valence-corrected chi connectivity index (χ1v) is 8.37. The van der Waals surface area contributed by atoms with E-state index in [-0.39, 0.29) is 24.8 Å². The van der Waals surface area contributed by atoms with Crippen LogP contribution in [0.15, 0.2) is 23.5 Å². The van der Waals surface area contributed by atoms with E-state index in [2.05, 4.69) is 45.1 Å². The number of aromatic nitrogens is 4. The van der Waals surface area contributed by atoms with E-state index in [1.165, 1.54) is 18.4 Å². The van der Waals surface area contributed by atoms with E-state index in [1.807, 2.05) is 12.3 Å². The van der Waals surface area contributed by atoms with E-state index in [4.69, 9.17) is 0 Å². The number of nitrogens with zero attached hydrogens (tertiary/aromatic N) is 4. The summed E-state index contributed by atoms with van der Waals surface area (Å²) in [6, 6.07) is 4.07. The van der Waals surface area contributed by atoms with Crippen molar-refractivity contribution in [1.29, 1.82) is 0 Å². The minimum atomic E-state index is 0. The largest absolute Gasteiger partial charge is 0.316 e. The molecule has 3 rings (SSSR count). The Balaban J connectivity index is 0.00000132. The Morgan fingerprint density at radius 2 is 2.17 bits per heavy atom. The van der Waals surface area contributed by atoms with Gasteiger partial charge in [-0.05, 0) is 37.9 Å². The highest BCUT2D eigenvalue weighted by Crippen LogP contribution is 2.26. The van der Waals surface area contributed by atoms with Crippen LogP contribution in [0.1, 0.15) is 35.8 Å². The molecule has 0 radical (unpaired) electrons. The lowest BCUT2D eigenvalue weighted by molar-refractivity contribution is 0.436. The summed E-state index contributed by atoms with van der Waals surface area (Å²) in [4.78, 5) is 4.43. The molecule has 3 heterocycles. The number of thioether (sulfide) groups is 1. The van der Waals surface area contributed by atoms with Crippen molar-refractivity contribution in [3.8, 4) is 0 Å². The molecule has 0 amide bonds. The highest BCUT2D eigenvalue weighted by atomic mass is 35.5. The normalized spacial score (nSPS) is 17.2. The van der Waals surface area contributed by atoms with E-state index >= 15 is 0 Å². The average Bonchev–Trinajstić information content (AvgIpc) is 2.88. The van der Waals surface area contributed by atoms with E-state index in [0.717, 1.165) is 35.5 Å². The molecule has 128 valence electrons. The van der Waals surface area contributed by atoms with Gasteiger partial charge < -0.3 is 9.88 Å². The molecule has 1 fully saturated rings. The van der Waals surface area contributed by atoms with Crippen molar-refractivity contribution in [2.45, 2.75) is 36.6 Å². The van der Waals surface area contributed by atoms with Gasteiger partial charge in [0, 0.05) is 31.5 Å². The summed E-state index contributed by atoms with van der Waals surface area (Å²) in [5, 5.41) is 13.2. The second-order valence-corrected chi connectivity index (χ2v) is 6.44. The quantitative estimate of drug-likeness (QED) is 0.831. The molecule has 2 aromatic heterocycles. The zero-order chi connectivity index (χ0) is 14.7. The number of hydrogen-bond donors (Lipinski definition) is 1. The molecule has 2 aromatic rings. The van der Waals surface area contributed by atoms with E-state index in [1.54, 1.807) is 11.8 Å². The van der Waals surface area contributed by atoms with Crippen LogP contribution in [0.3, 0.4) is 0 Å². The van der Waals surface area contributed by atoms with E-state index in [9.17, 15) is 0 Å². The summed E-state index contributed by atoms with van der Waals surface area (Å²) in [5.74, 6) is 2.42. The number of aryl methyl sites for hydroxylation is 1. The standard InChI is InChI=1S/C15H21N5S.2ClH/c1-11-5-3-8-17-13(11)10-21-15-19-18-14(20(15)2)12-6-4-7-16-9-12;;/h3,5,8,12,16H,4,6-7,9-10H2,1-2H3;2*1H. The van der Waals surface area contributed by atoms with Gasteiger partial charge in [-0.1, -0.05) is 17.8 Å². The maximum atomic E-state index is 4.43. The molecule has 1 aliphatic heterocycles. The second kappa shape index (κ2) is 9.47. The van der Waals surface area contributed by atoms with Crippen LogP contribution in [-0.2, 0) is 12.8 Å². The molecule has 8 heteroatoms. The minimum Gasteiger partial charge on any atom is -0.316 e. The summed E-state index contributed by atoms with van der Waals surface area (Å²) in [6.07, 6.45) is 4.26. The maximum Gasteiger partial charge on any atom is 0.191 e. The van der Waals surface area contributed by atoms with Crippen LogP contribution in [-0.4, -0.2) is 32.8 Å². The van der Waals surface area contributed by atoms with Gasteiger partial charge in [-0.3, -0.25) is 4.98 Å². The number of halogens is 2. The first kappa shape index (κ1) is 20.2. The number of pyridine rings is 1. The second-order valence-electron chi connectivity index (χ2n) is 5.50. The molecule has 1 N–H and O–H groups in total. The number of nitrogens with one attached hydrogen (secondary N) is 1. The third kappa shape index (κ3) is 4.83. The van der Waals surface area contributed by atoms with Gasteiger partial charge in [0.1, 0.15) is 5.82 Å². The van der Waals surface area contributed by atoms with Crippen molar-refractivity contribution in [1.82, 2.24) is 25.1 Å². The Hall–Kier alpha value is -0.820. The number of rotatable bonds is 4. The van der Waals surface area contributed by atoms with Crippen LogP contribution >= 0.6 is 36.6 Å². The number of hydrogen-bond acceptors (Lipinski definition) is 5. The van der Waals surface area contributed by atoms with Crippen LogP contribution in [0.5, 0.6) is 0 Å². The Kier molecular flexibility index (Phi) is 8.33. The van der Waals surface area contributed by atoms with Gasteiger partial charge in [0.05, 0.1) is 5.69 Å². The molecular weight excluding hydrogens is 353 g/mol. The van der Waals surface area contributed by atoms with Gasteiger partial charge in [-0.25, -0.2) is 0 Å². The van der Waals surface area contributed by atoms with Crippen molar-refractivity contribution in [3.05, 3.63) is 35.4 Å². The van der Waals surface area contributed by atoms with Crippen LogP contribution in [0, 0.1) is 6.92 Å². The van der Waals surface area contributed by atoms with Gasteiger partial charge in [-0.2, -0.15) is 0 Å². The first-order chi connectivity index (χ1) is 10.3. The lowest BCUT2D eigenvalue weighted by atomic mass is 9.99. The van der Waals surface area contributed by atoms with Crippen molar-refractivity contribution < 1.29 is 0 Å². The van der Waals surface area contributed by atoms with Crippen LogP contribution in [0.4, 0.5) is 0 Å². The van der Waals surface area contributed by atoms with Crippen LogP contribution in [0.25, 0.3) is 0 Å². The van der Waals surface area contributed by atoms with Gasteiger partial charge >= 0.3 is 0 Å². The Morgan fingerprint density at radius 1 is 1.35 bits per heavy atom. The minimum absolute atomic E-state index is 0. The molecule has 0 aromatic carbocycles. The zero-order valence-corrected chi connectivity index (χ0v) is 15.8. The fourth-order valence-electron chi connectivity index (χ4n) is 2.68. The van der Waals surface area contributed by atoms with E-state index in [0.29, 0.717) is 5.92 Å². The summed E-state index contributed by atoms with van der Waals surface area (Å²) >= 11 is 1.71. The summed E-state index contributed by atoms with van der Waals surface area (Å²) in [5.41, 5.74) is 2.34. The van der Waals surface area contributed by atoms with Crippen molar-refractivity contribution in [2.75, 3.05) is 13.1 Å². The Labute approximate surface area is 153 Å². The van der Waals surface area contributed by atoms with Gasteiger partial charge in [0.2, 0.25) is 0 Å². The lowest BCUT2D eigenvalue weighted by Gasteiger charge is -2.21. The Morgan fingerprint density at radius 3 is 2.87 bits per heavy atom. The first-order valence-electron chi connectivity index (χ1n) is 7.39. The predicted octanol–water partition coefficient (Wildman–Crippen LogP) is 3.12. The highest BCUT2D eigenvalue weighted by Gasteiger charge is 2.21. The SMILES string of the molecule is Cc1cccnc1CSc1nnc(C2CCCNC2)n1C.Cl.Cl. The molecule has 1 aliphatic rings. The number of piperidine rings is 1. The molecule has 23 heavy (non-hydrogen) atoms. The lowest BCUT2D eigenvalue weighted by Crippen LogP contribution is -2.29. The molecule has 0 aliphatic carbocycles. The van der Waals surface area contributed by atoms with E-state index < -0.39 is 0 Å². The fourth-order valence-corrected chi connectivity index (χ4v) is 3.64. The Bertz CT molecular complexity index is 614. The molecule has 0 spiro atoms. The van der Waals surface area contributed by atoms with Gasteiger partial charge in [0.15, 0.2) is 5.16 Å². The van der Waals surface area contributed by atoms with Gasteiger partial charge in [-0.15, -0.1) is 35.0 Å². The maximum absolute atomic E-state index is 4.43. The topological polar surface area (TPSA) is 55.6 Å². The average molecular weight is 376 g/mol. The summed E-state index contributed by atoms with van der Waals surface area (Å²) in [7, 11) is 2.07. The van der Waals surface area contributed by atoms with Crippen molar-refractivity contribution in [3.63, 3.8) is 0 Å². The smallest absolute Gasteiger partial charge is 0.191 e. The fraction of sp³-hybridized carbons (Fsp3) is 0.533. The third-order valence-corrected chi connectivity index (χ3v) is 5.02. The third-order valence-electron chi connectivity index (χ3n) is 3.99. The molecule has 0 bridgehead atoms. The molecular formula is C15H23Cl2N5S. The molecule has 1 atom stereocenters. The van der Waals surface area contributed by atoms with Gasteiger partial charge in [0.25, 0.3) is 0 Å². The van der Waals surface area contributed by atoms with Crippen molar-refractivity contribution >= 4 is 36.6 Å². The highest BCUT2D eigenvalue weighted by molar-refractivity contribution is 7.98. The van der Waals surface area contributed by atoms with Crippen LogP contribution in [0.2, 0.25) is 0 Å². The summed E-state index contributed by atoms with van der Waals surface area (Å²) in [6.45, 7) is 4.23. The van der Waals surface area contributed by atoms with Crippen molar-refractivity contribution in [2.24, 2.45) is 7.05 Å². The molecule has 5 nitrogen and oxygen atoms in total. The predicted molar refractivity (Wildman–Crippen MR) is 98.9 cm³/mol. The molecule has 1 saturated heterocycles. The molecule has 1 unspecified atom stereocenters. The van der Waals surface area contributed by atoms with Crippen LogP contribution < -0.4 is 5.32 Å². The monoisotopic (exact) mass is 375 g/mol.